The van der Waals surface area contributed by atoms with Gasteiger partial charge in [-0.25, -0.2) is 28.1 Å². The topological polar surface area (TPSA) is 54.8 Å². The second kappa shape index (κ2) is 6.84. The number of aryl methyl sites for hydroxylation is 2. The van der Waals surface area contributed by atoms with Gasteiger partial charge in [0.15, 0.2) is 5.65 Å². The van der Waals surface area contributed by atoms with Gasteiger partial charge in [0, 0.05) is 36.5 Å². The zero-order valence-corrected chi connectivity index (χ0v) is 16.1. The highest BCUT2D eigenvalue weighted by molar-refractivity contribution is 6.30. The fraction of sp³-hybridized carbons (Fsp3) is 0.368. The van der Waals surface area contributed by atoms with E-state index in [0.29, 0.717) is 22.6 Å². The van der Waals surface area contributed by atoms with Gasteiger partial charge in [-0.1, -0.05) is 11.6 Å². The summed E-state index contributed by atoms with van der Waals surface area (Å²) in [5.41, 5.74) is 2.49. The van der Waals surface area contributed by atoms with Crippen LogP contribution in [0.4, 0.5) is 19.1 Å². The van der Waals surface area contributed by atoms with E-state index in [4.69, 9.17) is 11.6 Å². The average Bonchev–Trinajstić information content (AvgIpc) is 2.62. The molecule has 1 saturated heterocycles. The highest BCUT2D eigenvalue weighted by Crippen LogP contribution is 2.33. The van der Waals surface area contributed by atoms with Gasteiger partial charge in [-0.2, -0.15) is 4.98 Å². The molecule has 3 heterocycles. The van der Waals surface area contributed by atoms with Crippen LogP contribution in [0.2, 0.25) is 5.02 Å². The van der Waals surface area contributed by atoms with Crippen molar-refractivity contribution in [2.24, 2.45) is 0 Å². The van der Waals surface area contributed by atoms with Crippen LogP contribution < -0.4 is 4.90 Å². The van der Waals surface area contributed by atoms with Gasteiger partial charge < -0.3 is 4.90 Å². The quantitative estimate of drug-likeness (QED) is 0.614. The number of piperidine rings is 1. The summed E-state index contributed by atoms with van der Waals surface area (Å²) < 4.78 is 41.7. The van der Waals surface area contributed by atoms with Crippen LogP contribution in [-0.4, -0.2) is 38.9 Å². The lowest BCUT2D eigenvalue weighted by atomic mass is 10.1. The summed E-state index contributed by atoms with van der Waals surface area (Å²) in [5.74, 6) is -3.00. The van der Waals surface area contributed by atoms with Crippen molar-refractivity contribution in [1.29, 1.82) is 0 Å². The summed E-state index contributed by atoms with van der Waals surface area (Å²) in [6.07, 6.45) is -0.560. The smallest absolute Gasteiger partial charge is 0.251 e. The lowest BCUT2D eigenvalue weighted by Crippen LogP contribution is -2.40. The zero-order chi connectivity index (χ0) is 20.1. The number of rotatable bonds is 2. The second-order valence-corrected chi connectivity index (χ2v) is 7.34. The Hall–Kier alpha value is -2.48. The Balaban J connectivity index is 1.90. The second-order valence-electron chi connectivity index (χ2n) is 6.91. The van der Waals surface area contributed by atoms with Crippen molar-refractivity contribution in [1.82, 2.24) is 19.9 Å². The van der Waals surface area contributed by atoms with Crippen LogP contribution in [-0.2, 0) is 0 Å². The molecule has 28 heavy (non-hydrogen) atoms. The summed E-state index contributed by atoms with van der Waals surface area (Å²) in [5, 5.41) is 0.260. The number of hydrogen-bond donors (Lipinski definition) is 0. The van der Waals surface area contributed by atoms with Crippen LogP contribution in [0.5, 0.6) is 0 Å². The lowest BCUT2D eigenvalue weighted by molar-refractivity contribution is -0.0222. The third kappa shape index (κ3) is 3.48. The predicted octanol–water partition coefficient (Wildman–Crippen LogP) is 4.73. The predicted molar refractivity (Wildman–Crippen MR) is 101 cm³/mol. The first-order chi connectivity index (χ1) is 13.2. The highest BCUT2D eigenvalue weighted by atomic mass is 35.5. The van der Waals surface area contributed by atoms with Gasteiger partial charge >= 0.3 is 0 Å². The molecule has 1 aliphatic heterocycles. The minimum Gasteiger partial charge on any atom is -0.340 e. The van der Waals surface area contributed by atoms with E-state index in [2.05, 4.69) is 19.9 Å². The fourth-order valence-corrected chi connectivity index (χ4v) is 3.30. The SMILES string of the molecule is Cc1nc2nc(N3CCC(F)(F)CC3)nc(-c3ccc(Cl)cc3F)c2nc1C. The molecule has 3 aromatic rings. The third-order valence-corrected chi connectivity index (χ3v) is 5.13. The summed E-state index contributed by atoms with van der Waals surface area (Å²) in [6.45, 7) is 3.82. The summed E-state index contributed by atoms with van der Waals surface area (Å²) in [7, 11) is 0. The molecule has 146 valence electrons. The first-order valence-corrected chi connectivity index (χ1v) is 9.22. The molecule has 1 aliphatic rings. The van der Waals surface area contributed by atoms with E-state index in [1.165, 1.54) is 12.1 Å². The van der Waals surface area contributed by atoms with E-state index in [0.717, 1.165) is 0 Å². The maximum atomic E-state index is 14.6. The highest BCUT2D eigenvalue weighted by Gasteiger charge is 2.35. The van der Waals surface area contributed by atoms with Gasteiger partial charge in [0.1, 0.15) is 17.0 Å². The molecule has 9 heteroatoms. The first-order valence-electron chi connectivity index (χ1n) is 8.85. The fourth-order valence-electron chi connectivity index (χ4n) is 3.15. The molecule has 0 bridgehead atoms. The first kappa shape index (κ1) is 18.9. The average molecular weight is 408 g/mol. The largest absolute Gasteiger partial charge is 0.340 e. The van der Waals surface area contributed by atoms with Gasteiger partial charge in [-0.05, 0) is 32.0 Å². The number of alkyl halides is 2. The Morgan fingerprint density at radius 1 is 1.00 bits per heavy atom. The van der Waals surface area contributed by atoms with Gasteiger partial charge in [-0.15, -0.1) is 0 Å². The normalized spacial score (nSPS) is 16.6. The van der Waals surface area contributed by atoms with Crippen molar-refractivity contribution in [3.63, 3.8) is 0 Å². The molecular formula is C19H17ClF3N5. The molecule has 1 aromatic carbocycles. The minimum absolute atomic E-state index is 0.110. The molecule has 2 aromatic heterocycles. The van der Waals surface area contributed by atoms with E-state index in [1.807, 2.05) is 0 Å². The molecule has 1 fully saturated rings. The summed E-state index contributed by atoms with van der Waals surface area (Å²) in [4.78, 5) is 19.5. The van der Waals surface area contributed by atoms with Gasteiger partial charge in [0.05, 0.1) is 11.4 Å². The van der Waals surface area contributed by atoms with Crippen LogP contribution in [0.3, 0.4) is 0 Å². The van der Waals surface area contributed by atoms with Gasteiger partial charge in [0.25, 0.3) is 5.92 Å². The molecule has 0 unspecified atom stereocenters. The number of benzene rings is 1. The van der Waals surface area contributed by atoms with Crippen LogP contribution in [0.1, 0.15) is 24.2 Å². The molecule has 0 N–H and O–H groups in total. The Kier molecular flexibility index (Phi) is 4.61. The van der Waals surface area contributed by atoms with E-state index in [1.54, 1.807) is 24.8 Å². The molecular weight excluding hydrogens is 391 g/mol. The van der Waals surface area contributed by atoms with Crippen molar-refractivity contribution >= 4 is 28.7 Å². The number of fused-ring (bicyclic) bond motifs is 1. The number of nitrogens with zero attached hydrogens (tertiary/aromatic N) is 5. The molecule has 0 atom stereocenters. The zero-order valence-electron chi connectivity index (χ0n) is 15.3. The van der Waals surface area contributed by atoms with E-state index in [9.17, 15) is 13.2 Å². The molecule has 0 aliphatic carbocycles. The lowest BCUT2D eigenvalue weighted by Gasteiger charge is -2.31. The van der Waals surface area contributed by atoms with Crippen molar-refractivity contribution in [3.05, 3.63) is 40.4 Å². The van der Waals surface area contributed by atoms with E-state index < -0.39 is 11.7 Å². The molecule has 0 radical (unpaired) electrons. The molecule has 0 spiro atoms. The number of aromatic nitrogens is 4. The van der Waals surface area contributed by atoms with Crippen molar-refractivity contribution < 1.29 is 13.2 Å². The van der Waals surface area contributed by atoms with Crippen LogP contribution in [0.25, 0.3) is 22.4 Å². The monoisotopic (exact) mass is 407 g/mol. The number of anilines is 1. The molecule has 4 rings (SSSR count). The van der Waals surface area contributed by atoms with Crippen LogP contribution in [0, 0.1) is 19.7 Å². The van der Waals surface area contributed by atoms with Crippen molar-refractivity contribution in [2.75, 3.05) is 18.0 Å². The maximum Gasteiger partial charge on any atom is 0.251 e. The number of halogens is 4. The van der Waals surface area contributed by atoms with Crippen LogP contribution in [0.15, 0.2) is 18.2 Å². The van der Waals surface area contributed by atoms with E-state index in [-0.39, 0.29) is 48.2 Å². The molecule has 0 amide bonds. The van der Waals surface area contributed by atoms with E-state index >= 15 is 0 Å². The van der Waals surface area contributed by atoms with Gasteiger partial charge in [0.2, 0.25) is 5.95 Å². The summed E-state index contributed by atoms with van der Waals surface area (Å²) in [6, 6.07) is 4.27. The Morgan fingerprint density at radius 2 is 1.68 bits per heavy atom. The van der Waals surface area contributed by atoms with Crippen LogP contribution >= 0.6 is 11.6 Å². The van der Waals surface area contributed by atoms with Crippen molar-refractivity contribution in [3.8, 4) is 11.3 Å². The molecule has 5 nitrogen and oxygen atoms in total. The summed E-state index contributed by atoms with van der Waals surface area (Å²) >= 11 is 5.87. The Labute approximate surface area is 164 Å². The minimum atomic E-state index is -2.69. The van der Waals surface area contributed by atoms with Crippen molar-refractivity contribution in [2.45, 2.75) is 32.6 Å². The molecule has 0 saturated carbocycles. The van der Waals surface area contributed by atoms with Gasteiger partial charge in [-0.3, -0.25) is 0 Å². The third-order valence-electron chi connectivity index (χ3n) is 4.89. The number of hydrogen-bond acceptors (Lipinski definition) is 5. The Morgan fingerprint density at radius 3 is 2.36 bits per heavy atom. The maximum absolute atomic E-state index is 14.6. The standard InChI is InChI=1S/C19H17ClF3N5/c1-10-11(2)25-17-16(24-10)15(13-4-3-12(20)9-14(13)21)26-18(27-17)28-7-5-19(22,23)6-8-28/h3-4,9H,5-8H2,1-2H3. The Bertz CT molecular complexity index is 1060.